The number of benzene rings is 1. The van der Waals surface area contributed by atoms with Crippen molar-refractivity contribution in [2.45, 2.75) is 0 Å². The molecule has 1 aromatic carbocycles. The van der Waals surface area contributed by atoms with E-state index in [-0.39, 0.29) is 0 Å². The molecule has 5 heteroatoms. The Morgan fingerprint density at radius 3 is 2.36 bits per heavy atom. The number of rotatable bonds is 2. The number of nitrogen functional groups attached to an aromatic ring is 1. The Bertz CT molecular complexity index is 259. The van der Waals surface area contributed by atoms with Gasteiger partial charge in [0.25, 0.3) is 0 Å². The number of hydrogen-bond donors (Lipinski definition) is 2. The van der Waals surface area contributed by atoms with E-state index in [9.17, 15) is 3.74 Å². The predicted molar refractivity (Wildman–Crippen MR) is 41.5 cm³/mol. The van der Waals surface area contributed by atoms with E-state index >= 15 is 0 Å². The molecule has 3 N–H and O–H groups in total. The van der Waals surface area contributed by atoms with Crippen LogP contribution in [0.15, 0.2) is 24.3 Å². The molecule has 0 aliphatic rings. The van der Waals surface area contributed by atoms with Crippen LogP contribution in [-0.4, -0.2) is 19.4 Å². The topological polar surface area (TPSA) is 72.5 Å². The molecule has 0 heterocycles. The minimum atomic E-state index is -3.44. The molecule has 0 aliphatic carbocycles. The van der Waals surface area contributed by atoms with E-state index in [1.807, 2.05) is 0 Å². The quantitative estimate of drug-likeness (QED) is 0.531. The summed E-state index contributed by atoms with van der Waals surface area (Å²) in [4.78, 5) is 0. The van der Waals surface area contributed by atoms with Crippen LogP contribution in [0.3, 0.4) is 0 Å². The Morgan fingerprint density at radius 1 is 1.36 bits per heavy atom. The molecule has 0 saturated carbocycles. The maximum absolute atomic E-state index is 10.3. The first-order chi connectivity index (χ1) is 5.18. The fourth-order valence-corrected chi connectivity index (χ4v) is 1.35. The summed E-state index contributed by atoms with van der Waals surface area (Å²) in [5.41, 5.74) is 5.97. The first-order valence-electron chi connectivity index (χ1n) is 2.95. The minimum absolute atomic E-state index is 0.381. The second kappa shape index (κ2) is 3.51. The average Bonchev–Trinajstić information content (AvgIpc) is 1.93. The van der Waals surface area contributed by atoms with Gasteiger partial charge in [-0.05, 0) is 0 Å². The maximum atomic E-state index is 10.3. The third kappa shape index (κ3) is 2.70. The fraction of sp³-hybridized carbons (Fsp3) is 0. The van der Waals surface area contributed by atoms with Crippen LogP contribution in [-0.2, 0) is 3.74 Å². The molecule has 0 aromatic heterocycles. The SMILES string of the molecule is Nc1ccc(O[AsH](=O)O)cc1. The molecule has 0 aliphatic heterocycles. The van der Waals surface area contributed by atoms with Crippen molar-refractivity contribution in [3.63, 3.8) is 0 Å². The van der Waals surface area contributed by atoms with Crippen molar-refractivity contribution in [1.82, 2.24) is 0 Å². The van der Waals surface area contributed by atoms with Crippen molar-refractivity contribution in [2.24, 2.45) is 0 Å². The molecule has 0 amide bonds. The summed E-state index contributed by atoms with van der Waals surface area (Å²) >= 11 is -3.44. The van der Waals surface area contributed by atoms with Crippen molar-refractivity contribution < 1.29 is 11.6 Å². The Kier molecular flexibility index (Phi) is 2.63. The Labute approximate surface area is 68.8 Å². The second-order valence-electron chi connectivity index (χ2n) is 1.94. The van der Waals surface area contributed by atoms with E-state index in [2.05, 4.69) is 3.73 Å². The Morgan fingerprint density at radius 2 is 1.91 bits per heavy atom. The van der Waals surface area contributed by atoms with Crippen LogP contribution in [0.5, 0.6) is 5.75 Å². The van der Waals surface area contributed by atoms with Gasteiger partial charge in [-0.3, -0.25) is 0 Å². The first-order valence-corrected chi connectivity index (χ1v) is 5.60. The zero-order chi connectivity index (χ0) is 8.27. The van der Waals surface area contributed by atoms with E-state index in [0.717, 1.165) is 0 Å². The van der Waals surface area contributed by atoms with Gasteiger partial charge in [0.05, 0.1) is 0 Å². The molecule has 1 atom stereocenters. The van der Waals surface area contributed by atoms with Gasteiger partial charge in [-0.2, -0.15) is 0 Å². The summed E-state index contributed by atoms with van der Waals surface area (Å²) in [7, 11) is 0. The molecule has 0 bridgehead atoms. The van der Waals surface area contributed by atoms with Gasteiger partial charge in [0, 0.05) is 0 Å². The molecular weight excluding hydrogens is 209 g/mol. The van der Waals surface area contributed by atoms with E-state index in [1.165, 1.54) is 0 Å². The van der Waals surface area contributed by atoms with Crippen molar-refractivity contribution in [3.8, 4) is 5.75 Å². The molecule has 1 rings (SSSR count). The van der Waals surface area contributed by atoms with Gasteiger partial charge in [0.2, 0.25) is 0 Å². The number of nitrogens with two attached hydrogens (primary N) is 1. The molecule has 1 unspecified atom stereocenters. The average molecular weight is 217 g/mol. The molecule has 0 fully saturated rings. The van der Waals surface area contributed by atoms with Crippen LogP contribution in [0, 0.1) is 0 Å². The predicted octanol–water partition coefficient (Wildman–Crippen LogP) is -0.212. The second-order valence-corrected chi connectivity index (χ2v) is 3.48. The van der Waals surface area contributed by atoms with Gasteiger partial charge < -0.3 is 0 Å². The molecule has 0 saturated heterocycles. The zero-order valence-electron chi connectivity index (χ0n) is 5.65. The van der Waals surface area contributed by atoms with Crippen LogP contribution in [0.2, 0.25) is 0 Å². The summed E-state index contributed by atoms with van der Waals surface area (Å²) in [5.74, 6) is 0.381. The van der Waals surface area contributed by atoms with Gasteiger partial charge in [-0.1, -0.05) is 0 Å². The van der Waals surface area contributed by atoms with E-state index in [0.29, 0.717) is 11.4 Å². The third-order valence-electron chi connectivity index (χ3n) is 1.09. The molecule has 0 radical (unpaired) electrons. The van der Waals surface area contributed by atoms with Crippen LogP contribution >= 0.6 is 0 Å². The number of hydrogen-bond acceptors (Lipinski definition) is 3. The summed E-state index contributed by atoms with van der Waals surface area (Å²) in [6.07, 6.45) is 0. The van der Waals surface area contributed by atoms with Gasteiger partial charge >= 0.3 is 68.3 Å². The fourth-order valence-electron chi connectivity index (χ4n) is 0.637. The number of anilines is 1. The molecule has 11 heavy (non-hydrogen) atoms. The molecular formula is C6H8AsNO3. The summed E-state index contributed by atoms with van der Waals surface area (Å²) in [6, 6.07) is 6.32. The van der Waals surface area contributed by atoms with E-state index in [4.69, 9.17) is 9.83 Å². The van der Waals surface area contributed by atoms with E-state index < -0.39 is 15.3 Å². The van der Waals surface area contributed by atoms with Crippen LogP contribution in [0.1, 0.15) is 0 Å². The van der Waals surface area contributed by atoms with Crippen LogP contribution in [0.25, 0.3) is 0 Å². The van der Waals surface area contributed by atoms with Crippen molar-refractivity contribution in [1.29, 1.82) is 0 Å². The van der Waals surface area contributed by atoms with E-state index in [1.54, 1.807) is 24.3 Å². The van der Waals surface area contributed by atoms with Gasteiger partial charge in [0.1, 0.15) is 0 Å². The summed E-state index contributed by atoms with van der Waals surface area (Å²) in [5, 5.41) is 0. The first kappa shape index (κ1) is 8.24. The van der Waals surface area contributed by atoms with Gasteiger partial charge in [-0.25, -0.2) is 0 Å². The molecule has 4 nitrogen and oxygen atoms in total. The van der Waals surface area contributed by atoms with Gasteiger partial charge in [0.15, 0.2) is 0 Å². The van der Waals surface area contributed by atoms with Crippen molar-refractivity contribution in [3.05, 3.63) is 24.3 Å². The Hall–Kier alpha value is -0.862. The summed E-state index contributed by atoms with van der Waals surface area (Å²) in [6.45, 7) is 0. The molecule has 0 spiro atoms. The summed E-state index contributed by atoms with van der Waals surface area (Å²) < 4.78 is 23.3. The van der Waals surface area contributed by atoms with Crippen LogP contribution in [0.4, 0.5) is 5.69 Å². The standard InChI is InChI=1S/C6H8AsNO3/c8-5-1-3-6(4-2-5)11-7(9)10/h1-4,7H,8H2,(H,9,10). The zero-order valence-corrected chi connectivity index (χ0v) is 7.75. The van der Waals surface area contributed by atoms with Gasteiger partial charge in [-0.15, -0.1) is 0 Å². The van der Waals surface area contributed by atoms with Crippen molar-refractivity contribution >= 4 is 21.0 Å². The van der Waals surface area contributed by atoms with Crippen LogP contribution < -0.4 is 9.46 Å². The van der Waals surface area contributed by atoms with Crippen molar-refractivity contribution in [2.75, 3.05) is 5.73 Å². The Balaban J connectivity index is 2.74. The third-order valence-corrected chi connectivity index (χ3v) is 1.95. The molecule has 1 aromatic rings. The normalized spacial score (nSPS) is 12.5. The monoisotopic (exact) mass is 217 g/mol. The molecule has 60 valence electrons.